The third kappa shape index (κ3) is 4.19. The number of benzene rings is 2. The average molecular weight is 410 g/mol. The van der Waals surface area contributed by atoms with E-state index in [4.69, 9.17) is 4.74 Å². The van der Waals surface area contributed by atoms with Crippen molar-refractivity contribution in [3.63, 3.8) is 0 Å². The molecule has 6 heteroatoms. The molecule has 4 aromatic rings. The number of aromatic nitrogens is 3. The number of carbonyl (C=O) groups excluding carboxylic acids is 1. The van der Waals surface area contributed by atoms with Crippen LogP contribution >= 0.6 is 0 Å². The maximum Gasteiger partial charge on any atom is 0.251 e. The summed E-state index contributed by atoms with van der Waals surface area (Å²) in [6.45, 7) is 1.08. The number of fused-ring (bicyclic) bond motifs is 1. The maximum absolute atomic E-state index is 12.7. The number of hydrogen-bond donors (Lipinski definition) is 1. The van der Waals surface area contributed by atoms with Gasteiger partial charge in [0.25, 0.3) is 5.91 Å². The number of rotatable bonds is 6. The average Bonchev–Trinajstić information content (AvgIpc) is 3.47. The van der Waals surface area contributed by atoms with E-state index >= 15 is 0 Å². The summed E-state index contributed by atoms with van der Waals surface area (Å²) in [5.74, 6) is 0.797. The summed E-state index contributed by atoms with van der Waals surface area (Å²) in [6.07, 6.45) is 7.89. The van der Waals surface area contributed by atoms with E-state index < -0.39 is 0 Å². The van der Waals surface area contributed by atoms with Crippen LogP contribution in [-0.4, -0.2) is 33.3 Å². The summed E-state index contributed by atoms with van der Waals surface area (Å²) in [7, 11) is 0. The van der Waals surface area contributed by atoms with Gasteiger partial charge < -0.3 is 10.1 Å². The molecule has 0 spiro atoms. The predicted molar refractivity (Wildman–Crippen MR) is 118 cm³/mol. The zero-order chi connectivity index (χ0) is 21.0. The van der Waals surface area contributed by atoms with Gasteiger partial charge in [-0.25, -0.2) is 0 Å². The molecule has 6 nitrogen and oxygen atoms in total. The fourth-order valence-electron chi connectivity index (χ4n) is 3.91. The normalized spacial score (nSPS) is 14.6. The SMILES string of the molecule is O=C(NC[C@H]1Cc2cccc(-c3ccncc3)c2O1)c1cccc(Cn2cccn2)c1. The van der Waals surface area contributed by atoms with Gasteiger partial charge in [-0.2, -0.15) is 5.10 Å². The highest BCUT2D eigenvalue weighted by molar-refractivity contribution is 5.94. The molecule has 1 aliphatic heterocycles. The summed E-state index contributed by atoms with van der Waals surface area (Å²) in [4.78, 5) is 16.8. The Kier molecular flexibility index (Phi) is 5.19. The van der Waals surface area contributed by atoms with Gasteiger partial charge in [0, 0.05) is 42.3 Å². The molecule has 0 aliphatic carbocycles. The molecule has 0 unspecified atom stereocenters. The van der Waals surface area contributed by atoms with Crippen molar-refractivity contribution in [3.05, 3.63) is 102 Å². The smallest absolute Gasteiger partial charge is 0.251 e. The molecule has 31 heavy (non-hydrogen) atoms. The number of hydrogen-bond acceptors (Lipinski definition) is 4. The number of carbonyl (C=O) groups is 1. The Morgan fingerprint density at radius 2 is 1.94 bits per heavy atom. The molecular formula is C25H22N4O2. The number of nitrogens with zero attached hydrogens (tertiary/aromatic N) is 3. The summed E-state index contributed by atoms with van der Waals surface area (Å²) in [5.41, 5.74) is 4.96. The third-order valence-corrected chi connectivity index (χ3v) is 5.40. The second kappa shape index (κ2) is 8.44. The van der Waals surface area contributed by atoms with E-state index in [9.17, 15) is 4.79 Å². The molecule has 1 amide bonds. The van der Waals surface area contributed by atoms with Crippen molar-refractivity contribution in [2.24, 2.45) is 0 Å². The molecule has 1 aliphatic rings. The van der Waals surface area contributed by atoms with Crippen molar-refractivity contribution >= 4 is 5.91 Å². The molecule has 5 rings (SSSR count). The van der Waals surface area contributed by atoms with E-state index in [1.54, 1.807) is 18.6 Å². The first kappa shape index (κ1) is 19.1. The van der Waals surface area contributed by atoms with Crippen molar-refractivity contribution in [1.82, 2.24) is 20.1 Å². The summed E-state index contributed by atoms with van der Waals surface area (Å²) in [6, 6.07) is 19.7. The molecule has 0 saturated carbocycles. The second-order valence-electron chi connectivity index (χ2n) is 7.59. The van der Waals surface area contributed by atoms with Crippen LogP contribution in [0.4, 0.5) is 0 Å². The zero-order valence-electron chi connectivity index (χ0n) is 16.9. The number of ether oxygens (including phenoxy) is 1. The van der Waals surface area contributed by atoms with Crippen molar-refractivity contribution in [1.29, 1.82) is 0 Å². The van der Waals surface area contributed by atoms with Crippen molar-refractivity contribution in [2.75, 3.05) is 6.54 Å². The largest absolute Gasteiger partial charge is 0.487 e. The maximum atomic E-state index is 12.7. The van der Waals surface area contributed by atoms with Crippen LogP contribution in [0.1, 0.15) is 21.5 Å². The van der Waals surface area contributed by atoms with E-state index in [1.165, 1.54) is 0 Å². The summed E-state index contributed by atoms with van der Waals surface area (Å²) in [5, 5.41) is 7.24. The van der Waals surface area contributed by atoms with E-state index in [0.29, 0.717) is 18.7 Å². The van der Waals surface area contributed by atoms with Gasteiger partial charge in [0.1, 0.15) is 11.9 Å². The number of para-hydroxylation sites is 1. The second-order valence-corrected chi connectivity index (χ2v) is 7.59. The van der Waals surface area contributed by atoms with Gasteiger partial charge in [0.05, 0.1) is 13.1 Å². The standard InChI is InChI=1S/C25H22N4O2/c30-25(21-6-1-4-18(14-21)17-29-13-3-10-28-29)27-16-22-15-20-5-2-7-23(24(20)31-22)19-8-11-26-12-9-19/h1-14,22H,15-17H2,(H,27,30)/t22-/m1/s1. The van der Waals surface area contributed by atoms with Crippen LogP contribution in [0.5, 0.6) is 5.75 Å². The van der Waals surface area contributed by atoms with Gasteiger partial charge >= 0.3 is 0 Å². The van der Waals surface area contributed by atoms with Crippen LogP contribution in [0.25, 0.3) is 11.1 Å². The van der Waals surface area contributed by atoms with Gasteiger partial charge in [-0.15, -0.1) is 0 Å². The highest BCUT2D eigenvalue weighted by Gasteiger charge is 2.26. The van der Waals surface area contributed by atoms with Crippen LogP contribution in [0, 0.1) is 0 Å². The molecule has 0 radical (unpaired) electrons. The van der Waals surface area contributed by atoms with Gasteiger partial charge in [-0.05, 0) is 47.0 Å². The molecule has 0 fully saturated rings. The molecule has 1 N–H and O–H groups in total. The first-order valence-corrected chi connectivity index (χ1v) is 10.3. The Morgan fingerprint density at radius 1 is 1.06 bits per heavy atom. The van der Waals surface area contributed by atoms with Crippen LogP contribution in [-0.2, 0) is 13.0 Å². The van der Waals surface area contributed by atoms with Gasteiger partial charge in [0.15, 0.2) is 0 Å². The van der Waals surface area contributed by atoms with Crippen molar-refractivity contribution < 1.29 is 9.53 Å². The molecular weight excluding hydrogens is 388 g/mol. The predicted octanol–water partition coefficient (Wildman–Crippen LogP) is 3.73. The molecule has 0 bridgehead atoms. The fraction of sp³-hybridized carbons (Fsp3) is 0.160. The minimum atomic E-state index is -0.101. The lowest BCUT2D eigenvalue weighted by atomic mass is 10.0. The van der Waals surface area contributed by atoms with Crippen molar-refractivity contribution in [3.8, 4) is 16.9 Å². The first-order valence-electron chi connectivity index (χ1n) is 10.3. The van der Waals surface area contributed by atoms with Gasteiger partial charge in [-0.1, -0.05) is 30.3 Å². The zero-order valence-corrected chi connectivity index (χ0v) is 16.9. The fourth-order valence-corrected chi connectivity index (χ4v) is 3.91. The van der Waals surface area contributed by atoms with E-state index in [0.717, 1.165) is 34.4 Å². The van der Waals surface area contributed by atoms with E-state index in [1.807, 2.05) is 59.4 Å². The summed E-state index contributed by atoms with van der Waals surface area (Å²) >= 11 is 0. The molecule has 2 aromatic heterocycles. The van der Waals surface area contributed by atoms with Crippen LogP contribution in [0.2, 0.25) is 0 Å². The highest BCUT2D eigenvalue weighted by atomic mass is 16.5. The van der Waals surface area contributed by atoms with Crippen LogP contribution < -0.4 is 10.1 Å². The van der Waals surface area contributed by atoms with Crippen LogP contribution in [0.15, 0.2) is 85.5 Å². The molecule has 0 saturated heterocycles. The van der Waals surface area contributed by atoms with Gasteiger partial charge in [-0.3, -0.25) is 14.5 Å². The lowest BCUT2D eigenvalue weighted by Crippen LogP contribution is -2.34. The molecule has 1 atom stereocenters. The Bertz CT molecular complexity index is 1190. The van der Waals surface area contributed by atoms with Crippen LogP contribution in [0.3, 0.4) is 0 Å². The third-order valence-electron chi connectivity index (χ3n) is 5.40. The Hall–Kier alpha value is -3.93. The first-order chi connectivity index (χ1) is 15.3. The van der Waals surface area contributed by atoms with E-state index in [-0.39, 0.29) is 12.0 Å². The number of pyridine rings is 1. The molecule has 154 valence electrons. The molecule has 2 aromatic carbocycles. The quantitative estimate of drug-likeness (QED) is 0.526. The number of amides is 1. The monoisotopic (exact) mass is 410 g/mol. The molecule has 3 heterocycles. The van der Waals surface area contributed by atoms with Gasteiger partial charge in [0.2, 0.25) is 0 Å². The Morgan fingerprint density at radius 3 is 2.77 bits per heavy atom. The summed E-state index contributed by atoms with van der Waals surface area (Å²) < 4.78 is 8.06. The lowest BCUT2D eigenvalue weighted by Gasteiger charge is -2.14. The minimum absolute atomic E-state index is 0.0887. The number of nitrogens with one attached hydrogen (secondary N) is 1. The van der Waals surface area contributed by atoms with Crippen molar-refractivity contribution in [2.45, 2.75) is 19.1 Å². The Balaban J connectivity index is 1.23. The Labute approximate surface area is 180 Å². The topological polar surface area (TPSA) is 69.0 Å². The minimum Gasteiger partial charge on any atom is -0.487 e. The van der Waals surface area contributed by atoms with E-state index in [2.05, 4.69) is 27.5 Å². The lowest BCUT2D eigenvalue weighted by molar-refractivity contribution is 0.0933. The highest BCUT2D eigenvalue weighted by Crippen LogP contribution is 2.38.